The second kappa shape index (κ2) is 6.07. The largest absolute Gasteiger partial charge is 0.317 e. The molecule has 1 aliphatic heterocycles. The number of rotatable bonds is 4. The van der Waals surface area contributed by atoms with Gasteiger partial charge in [-0.3, -0.25) is 0 Å². The molecule has 2 N–H and O–H groups in total. The van der Waals surface area contributed by atoms with Crippen LogP contribution in [0.15, 0.2) is 18.2 Å². The van der Waals surface area contributed by atoms with E-state index in [1.54, 1.807) is 0 Å². The van der Waals surface area contributed by atoms with Gasteiger partial charge in [0.15, 0.2) is 0 Å². The predicted molar refractivity (Wildman–Crippen MR) is 64.0 cm³/mol. The minimum atomic E-state index is -0.372. The number of hydrogen-bond acceptors (Lipinski definition) is 2. The molecule has 1 aromatic rings. The number of halogens is 2. The Bertz CT molecular complexity index is 362. The molecule has 94 valence electrons. The molecular formula is C13H18F2N2. The van der Waals surface area contributed by atoms with Gasteiger partial charge in [0.1, 0.15) is 11.6 Å². The molecule has 1 aliphatic rings. The minimum absolute atomic E-state index is 0.321. The van der Waals surface area contributed by atoms with E-state index in [-0.39, 0.29) is 11.6 Å². The van der Waals surface area contributed by atoms with Gasteiger partial charge in [0.05, 0.1) is 0 Å². The number of piperidine rings is 1. The summed E-state index contributed by atoms with van der Waals surface area (Å²) in [5.74, 6) is -0.693. The molecule has 0 aromatic heterocycles. The summed E-state index contributed by atoms with van der Waals surface area (Å²) in [6, 6.07) is 4.13. The van der Waals surface area contributed by atoms with Crippen LogP contribution in [0.2, 0.25) is 0 Å². The van der Waals surface area contributed by atoms with Gasteiger partial charge in [-0.2, -0.15) is 0 Å². The Kier molecular flexibility index (Phi) is 4.45. The molecule has 0 unspecified atom stereocenters. The van der Waals surface area contributed by atoms with E-state index in [0.29, 0.717) is 24.6 Å². The molecule has 0 aliphatic carbocycles. The third-order valence-electron chi connectivity index (χ3n) is 3.17. The standard InChI is InChI=1S/C13H18F2N2/c14-11-1-2-13(15)10(9-11)3-8-17-12-4-6-16-7-5-12/h1-2,9,12,16-17H,3-8H2. The van der Waals surface area contributed by atoms with Crippen molar-refractivity contribution in [3.8, 4) is 0 Å². The van der Waals surface area contributed by atoms with Crippen molar-refractivity contribution in [3.63, 3.8) is 0 Å². The molecule has 0 bridgehead atoms. The van der Waals surface area contributed by atoms with Crippen molar-refractivity contribution in [2.75, 3.05) is 19.6 Å². The van der Waals surface area contributed by atoms with Crippen molar-refractivity contribution in [2.24, 2.45) is 0 Å². The first kappa shape index (κ1) is 12.5. The molecule has 1 aromatic carbocycles. The molecule has 1 fully saturated rings. The summed E-state index contributed by atoms with van der Waals surface area (Å²) in [6.07, 6.45) is 2.74. The fraction of sp³-hybridized carbons (Fsp3) is 0.538. The molecule has 0 saturated carbocycles. The van der Waals surface area contributed by atoms with Crippen molar-refractivity contribution in [1.82, 2.24) is 10.6 Å². The van der Waals surface area contributed by atoms with E-state index < -0.39 is 0 Å². The van der Waals surface area contributed by atoms with Crippen molar-refractivity contribution < 1.29 is 8.78 Å². The lowest BCUT2D eigenvalue weighted by atomic mass is 10.1. The molecule has 0 radical (unpaired) electrons. The summed E-state index contributed by atoms with van der Waals surface area (Å²) < 4.78 is 26.3. The quantitative estimate of drug-likeness (QED) is 0.839. The lowest BCUT2D eigenvalue weighted by Gasteiger charge is -2.23. The highest BCUT2D eigenvalue weighted by Crippen LogP contribution is 2.10. The fourth-order valence-electron chi connectivity index (χ4n) is 2.17. The normalized spacial score (nSPS) is 17.3. The highest BCUT2D eigenvalue weighted by atomic mass is 19.1. The third-order valence-corrected chi connectivity index (χ3v) is 3.17. The van der Waals surface area contributed by atoms with Gasteiger partial charge < -0.3 is 10.6 Å². The molecule has 0 spiro atoms. The van der Waals surface area contributed by atoms with Crippen LogP contribution < -0.4 is 10.6 Å². The predicted octanol–water partition coefficient (Wildman–Crippen LogP) is 1.85. The van der Waals surface area contributed by atoms with Gasteiger partial charge in [0.25, 0.3) is 0 Å². The van der Waals surface area contributed by atoms with E-state index in [4.69, 9.17) is 0 Å². The highest BCUT2D eigenvalue weighted by Gasteiger charge is 2.12. The van der Waals surface area contributed by atoms with Crippen LogP contribution in [0, 0.1) is 11.6 Å². The third kappa shape index (κ3) is 3.75. The van der Waals surface area contributed by atoms with Gasteiger partial charge >= 0.3 is 0 Å². The second-order valence-electron chi connectivity index (χ2n) is 4.46. The topological polar surface area (TPSA) is 24.1 Å². The Morgan fingerprint density at radius 3 is 2.76 bits per heavy atom. The SMILES string of the molecule is Fc1ccc(F)c(CCNC2CCNCC2)c1. The van der Waals surface area contributed by atoms with Gasteiger partial charge in [-0.05, 0) is 62.7 Å². The maximum absolute atomic E-state index is 13.3. The van der Waals surface area contributed by atoms with Crippen molar-refractivity contribution in [3.05, 3.63) is 35.4 Å². The van der Waals surface area contributed by atoms with Gasteiger partial charge in [0.2, 0.25) is 0 Å². The van der Waals surface area contributed by atoms with E-state index >= 15 is 0 Å². The first-order valence-electron chi connectivity index (χ1n) is 6.14. The van der Waals surface area contributed by atoms with Crippen molar-refractivity contribution in [2.45, 2.75) is 25.3 Å². The highest BCUT2D eigenvalue weighted by molar-refractivity contribution is 5.19. The molecule has 1 heterocycles. The van der Waals surface area contributed by atoms with Crippen LogP contribution in [0.5, 0.6) is 0 Å². The number of hydrogen-bond donors (Lipinski definition) is 2. The average Bonchev–Trinajstić information content (AvgIpc) is 2.35. The van der Waals surface area contributed by atoms with Crippen LogP contribution in [0.4, 0.5) is 8.78 Å². The molecule has 4 heteroatoms. The smallest absolute Gasteiger partial charge is 0.126 e. The molecular weight excluding hydrogens is 222 g/mol. The van der Waals surface area contributed by atoms with E-state index in [0.717, 1.165) is 32.0 Å². The zero-order valence-electron chi connectivity index (χ0n) is 9.81. The molecule has 1 saturated heterocycles. The molecule has 0 atom stereocenters. The Morgan fingerprint density at radius 1 is 1.24 bits per heavy atom. The van der Waals surface area contributed by atoms with Gasteiger partial charge in [-0.25, -0.2) is 8.78 Å². The van der Waals surface area contributed by atoms with Gasteiger partial charge in [0, 0.05) is 6.04 Å². The Labute approximate surface area is 100 Å². The number of benzene rings is 1. The fourth-order valence-corrected chi connectivity index (χ4v) is 2.17. The molecule has 2 nitrogen and oxygen atoms in total. The zero-order chi connectivity index (χ0) is 12.1. The van der Waals surface area contributed by atoms with E-state index in [1.807, 2.05) is 0 Å². The van der Waals surface area contributed by atoms with E-state index in [9.17, 15) is 8.78 Å². The summed E-state index contributed by atoms with van der Waals surface area (Å²) in [5.41, 5.74) is 0.450. The van der Waals surface area contributed by atoms with Gasteiger partial charge in [-0.1, -0.05) is 0 Å². The van der Waals surface area contributed by atoms with Crippen LogP contribution in [-0.2, 0) is 6.42 Å². The second-order valence-corrected chi connectivity index (χ2v) is 4.46. The van der Waals surface area contributed by atoms with Gasteiger partial charge in [-0.15, -0.1) is 0 Å². The maximum atomic E-state index is 13.3. The molecule has 17 heavy (non-hydrogen) atoms. The summed E-state index contributed by atoms with van der Waals surface area (Å²) in [4.78, 5) is 0. The first-order chi connectivity index (χ1) is 8.25. The Hall–Kier alpha value is -1.00. The summed E-state index contributed by atoms with van der Waals surface area (Å²) >= 11 is 0. The first-order valence-corrected chi connectivity index (χ1v) is 6.14. The van der Waals surface area contributed by atoms with Crippen LogP contribution in [-0.4, -0.2) is 25.7 Å². The minimum Gasteiger partial charge on any atom is -0.317 e. The van der Waals surface area contributed by atoms with Crippen molar-refractivity contribution >= 4 is 0 Å². The Morgan fingerprint density at radius 2 is 2.00 bits per heavy atom. The summed E-state index contributed by atoms with van der Waals surface area (Å²) in [6.45, 7) is 2.77. The lowest BCUT2D eigenvalue weighted by molar-refractivity contribution is 0.389. The summed E-state index contributed by atoms with van der Waals surface area (Å²) in [7, 11) is 0. The van der Waals surface area contributed by atoms with E-state index in [1.165, 1.54) is 12.1 Å². The monoisotopic (exact) mass is 240 g/mol. The average molecular weight is 240 g/mol. The molecule has 2 rings (SSSR count). The zero-order valence-corrected chi connectivity index (χ0v) is 9.81. The lowest BCUT2D eigenvalue weighted by Crippen LogP contribution is -2.40. The van der Waals surface area contributed by atoms with E-state index in [2.05, 4.69) is 10.6 Å². The molecule has 0 amide bonds. The summed E-state index contributed by atoms with van der Waals surface area (Å²) in [5, 5.41) is 6.68. The van der Waals surface area contributed by atoms with Crippen LogP contribution in [0.1, 0.15) is 18.4 Å². The Balaban J connectivity index is 1.79. The van der Waals surface area contributed by atoms with Crippen LogP contribution >= 0.6 is 0 Å². The maximum Gasteiger partial charge on any atom is 0.126 e. The van der Waals surface area contributed by atoms with Crippen LogP contribution in [0.25, 0.3) is 0 Å². The number of nitrogens with one attached hydrogen (secondary N) is 2. The van der Waals surface area contributed by atoms with Crippen molar-refractivity contribution in [1.29, 1.82) is 0 Å². The van der Waals surface area contributed by atoms with Crippen LogP contribution in [0.3, 0.4) is 0 Å².